The fourth-order valence-electron chi connectivity index (χ4n) is 1.80. The van der Waals surface area contributed by atoms with Crippen LogP contribution < -0.4 is 5.32 Å². The Labute approximate surface area is 130 Å². The summed E-state index contributed by atoms with van der Waals surface area (Å²) in [5, 5.41) is 6.21. The van der Waals surface area contributed by atoms with Crippen molar-refractivity contribution in [2.45, 2.75) is 6.92 Å². The van der Waals surface area contributed by atoms with Crippen LogP contribution in [-0.2, 0) is 0 Å². The van der Waals surface area contributed by atoms with Gasteiger partial charge < -0.3 is 9.73 Å². The minimum atomic E-state index is -0.310. The Bertz CT molecular complexity index is 777. The SMILES string of the molecule is Cc1nc(-c2ccc(C(=O)Nc3ccc(Cl)cc3)o2)cs1. The molecular weight excluding hydrogens is 308 g/mol. The Morgan fingerprint density at radius 3 is 2.67 bits per heavy atom. The van der Waals surface area contributed by atoms with Gasteiger partial charge in [0, 0.05) is 16.1 Å². The van der Waals surface area contributed by atoms with Gasteiger partial charge in [-0.15, -0.1) is 11.3 Å². The maximum atomic E-state index is 12.1. The van der Waals surface area contributed by atoms with E-state index in [2.05, 4.69) is 10.3 Å². The van der Waals surface area contributed by atoms with Gasteiger partial charge >= 0.3 is 0 Å². The van der Waals surface area contributed by atoms with Crippen molar-refractivity contribution in [3.63, 3.8) is 0 Å². The number of anilines is 1. The third-order valence-electron chi connectivity index (χ3n) is 2.80. The number of furan rings is 1. The van der Waals surface area contributed by atoms with Crippen LogP contribution in [0.15, 0.2) is 46.2 Å². The van der Waals surface area contributed by atoms with Gasteiger partial charge in [-0.3, -0.25) is 4.79 Å². The number of hydrogen-bond donors (Lipinski definition) is 1. The van der Waals surface area contributed by atoms with Gasteiger partial charge in [0.1, 0.15) is 5.69 Å². The van der Waals surface area contributed by atoms with Gasteiger partial charge in [0.25, 0.3) is 5.91 Å². The van der Waals surface area contributed by atoms with Crippen LogP contribution in [-0.4, -0.2) is 10.9 Å². The summed E-state index contributed by atoms with van der Waals surface area (Å²) < 4.78 is 5.55. The standard InChI is InChI=1S/C15H11ClN2O2S/c1-9-17-12(8-21-9)13-6-7-14(20-13)15(19)18-11-4-2-10(16)3-5-11/h2-8H,1H3,(H,18,19). The highest BCUT2D eigenvalue weighted by Gasteiger charge is 2.13. The number of thiazole rings is 1. The van der Waals surface area contributed by atoms with E-state index >= 15 is 0 Å². The molecule has 1 N–H and O–H groups in total. The van der Waals surface area contributed by atoms with Crippen LogP contribution in [0.4, 0.5) is 5.69 Å². The molecule has 0 saturated carbocycles. The molecule has 0 unspecified atom stereocenters. The van der Waals surface area contributed by atoms with E-state index in [4.69, 9.17) is 16.0 Å². The van der Waals surface area contributed by atoms with E-state index in [9.17, 15) is 4.79 Å². The number of nitrogens with one attached hydrogen (secondary N) is 1. The van der Waals surface area contributed by atoms with Crippen molar-refractivity contribution in [1.29, 1.82) is 0 Å². The number of amides is 1. The lowest BCUT2D eigenvalue weighted by molar-refractivity contribution is 0.0997. The van der Waals surface area contributed by atoms with Crippen molar-refractivity contribution in [3.8, 4) is 11.5 Å². The first-order valence-corrected chi connectivity index (χ1v) is 7.47. The van der Waals surface area contributed by atoms with Gasteiger partial charge in [0.2, 0.25) is 0 Å². The lowest BCUT2D eigenvalue weighted by Crippen LogP contribution is -2.10. The molecule has 4 nitrogen and oxygen atoms in total. The molecule has 2 heterocycles. The molecule has 0 bridgehead atoms. The number of nitrogens with zero attached hydrogens (tertiary/aromatic N) is 1. The zero-order valence-electron chi connectivity index (χ0n) is 11.1. The second-order valence-corrected chi connectivity index (χ2v) is 5.88. The Hall–Kier alpha value is -2.11. The van der Waals surface area contributed by atoms with Crippen molar-refractivity contribution < 1.29 is 9.21 Å². The van der Waals surface area contributed by atoms with E-state index in [1.54, 1.807) is 36.4 Å². The minimum absolute atomic E-state index is 0.241. The zero-order valence-corrected chi connectivity index (χ0v) is 12.7. The summed E-state index contributed by atoms with van der Waals surface area (Å²) in [5.74, 6) is 0.515. The Kier molecular flexibility index (Phi) is 3.77. The number of aromatic nitrogens is 1. The van der Waals surface area contributed by atoms with Crippen LogP contribution in [0.5, 0.6) is 0 Å². The van der Waals surface area contributed by atoms with Crippen molar-refractivity contribution in [2.75, 3.05) is 5.32 Å². The fourth-order valence-corrected chi connectivity index (χ4v) is 2.53. The summed E-state index contributed by atoms with van der Waals surface area (Å²) in [6, 6.07) is 10.3. The highest BCUT2D eigenvalue weighted by Crippen LogP contribution is 2.24. The third kappa shape index (κ3) is 3.15. The molecule has 2 aromatic heterocycles. The zero-order chi connectivity index (χ0) is 14.8. The summed E-state index contributed by atoms with van der Waals surface area (Å²) in [6.45, 7) is 1.92. The predicted molar refractivity (Wildman–Crippen MR) is 84.0 cm³/mol. The number of benzene rings is 1. The van der Waals surface area contributed by atoms with E-state index in [1.807, 2.05) is 12.3 Å². The molecule has 0 aliphatic rings. The van der Waals surface area contributed by atoms with Gasteiger partial charge in [0.15, 0.2) is 11.5 Å². The van der Waals surface area contributed by atoms with Crippen molar-refractivity contribution in [1.82, 2.24) is 4.98 Å². The molecule has 0 aliphatic carbocycles. The average molecular weight is 319 g/mol. The normalized spacial score (nSPS) is 10.6. The molecule has 0 radical (unpaired) electrons. The quantitative estimate of drug-likeness (QED) is 0.766. The van der Waals surface area contributed by atoms with Crippen molar-refractivity contribution >= 4 is 34.5 Å². The van der Waals surface area contributed by atoms with Gasteiger partial charge in [-0.2, -0.15) is 0 Å². The van der Waals surface area contributed by atoms with E-state index in [-0.39, 0.29) is 11.7 Å². The third-order valence-corrected chi connectivity index (χ3v) is 3.83. The summed E-state index contributed by atoms with van der Waals surface area (Å²) in [5.41, 5.74) is 1.40. The van der Waals surface area contributed by atoms with E-state index in [0.29, 0.717) is 16.5 Å². The van der Waals surface area contributed by atoms with Crippen LogP contribution in [0.1, 0.15) is 15.6 Å². The molecule has 0 atom stereocenters. The maximum absolute atomic E-state index is 12.1. The fraction of sp³-hybridized carbons (Fsp3) is 0.0667. The summed E-state index contributed by atoms with van der Waals surface area (Å²) >= 11 is 7.34. The molecule has 1 aromatic carbocycles. The first-order chi connectivity index (χ1) is 10.1. The predicted octanol–water partition coefficient (Wildman–Crippen LogP) is 4.62. The lowest BCUT2D eigenvalue weighted by atomic mass is 10.3. The number of halogens is 1. The second kappa shape index (κ2) is 5.71. The van der Waals surface area contributed by atoms with Gasteiger partial charge in [-0.25, -0.2) is 4.98 Å². The van der Waals surface area contributed by atoms with Gasteiger partial charge in [0.05, 0.1) is 5.01 Å². The number of rotatable bonds is 3. The van der Waals surface area contributed by atoms with E-state index in [1.165, 1.54) is 11.3 Å². The molecule has 3 aromatic rings. The number of hydrogen-bond acceptors (Lipinski definition) is 4. The average Bonchev–Trinajstić information content (AvgIpc) is 3.10. The molecule has 106 valence electrons. The molecule has 0 fully saturated rings. The molecule has 0 saturated heterocycles. The highest BCUT2D eigenvalue weighted by molar-refractivity contribution is 7.09. The number of carbonyl (C=O) groups is 1. The van der Waals surface area contributed by atoms with Gasteiger partial charge in [-0.05, 0) is 43.3 Å². The first kappa shape index (κ1) is 13.9. The van der Waals surface area contributed by atoms with Crippen LogP contribution in [0.25, 0.3) is 11.5 Å². The molecular formula is C15H11ClN2O2S. The monoisotopic (exact) mass is 318 g/mol. The van der Waals surface area contributed by atoms with E-state index < -0.39 is 0 Å². The summed E-state index contributed by atoms with van der Waals surface area (Å²) in [6.07, 6.45) is 0. The van der Waals surface area contributed by atoms with Crippen LogP contribution >= 0.6 is 22.9 Å². The van der Waals surface area contributed by atoms with Gasteiger partial charge in [-0.1, -0.05) is 11.6 Å². The Morgan fingerprint density at radius 2 is 2.00 bits per heavy atom. The van der Waals surface area contributed by atoms with Crippen LogP contribution in [0.2, 0.25) is 5.02 Å². The largest absolute Gasteiger partial charge is 0.449 e. The molecule has 3 rings (SSSR count). The number of aryl methyl sites for hydroxylation is 1. The van der Waals surface area contributed by atoms with Crippen molar-refractivity contribution in [2.24, 2.45) is 0 Å². The molecule has 0 aliphatic heterocycles. The molecule has 1 amide bonds. The topological polar surface area (TPSA) is 55.1 Å². The Morgan fingerprint density at radius 1 is 1.24 bits per heavy atom. The number of carbonyl (C=O) groups excluding carboxylic acids is 1. The Balaban J connectivity index is 1.76. The van der Waals surface area contributed by atoms with Crippen molar-refractivity contribution in [3.05, 3.63) is 57.6 Å². The maximum Gasteiger partial charge on any atom is 0.291 e. The molecule has 21 heavy (non-hydrogen) atoms. The van der Waals surface area contributed by atoms with E-state index in [0.717, 1.165) is 10.7 Å². The molecule has 0 spiro atoms. The first-order valence-electron chi connectivity index (χ1n) is 6.21. The molecule has 6 heteroatoms. The summed E-state index contributed by atoms with van der Waals surface area (Å²) in [4.78, 5) is 16.4. The smallest absolute Gasteiger partial charge is 0.291 e. The highest BCUT2D eigenvalue weighted by atomic mass is 35.5. The lowest BCUT2D eigenvalue weighted by Gasteiger charge is -2.02. The second-order valence-electron chi connectivity index (χ2n) is 4.38. The summed E-state index contributed by atoms with van der Waals surface area (Å²) in [7, 11) is 0. The van der Waals surface area contributed by atoms with Crippen LogP contribution in [0.3, 0.4) is 0 Å². The van der Waals surface area contributed by atoms with Crippen LogP contribution in [0, 0.1) is 6.92 Å². The minimum Gasteiger partial charge on any atom is -0.449 e.